The van der Waals surface area contributed by atoms with Crippen LogP contribution in [0.2, 0.25) is 5.02 Å². The average Bonchev–Trinajstić information content (AvgIpc) is 2.82. The van der Waals surface area contributed by atoms with Gasteiger partial charge in [-0.15, -0.1) is 0 Å². The van der Waals surface area contributed by atoms with Crippen molar-refractivity contribution in [1.82, 2.24) is 4.90 Å². The van der Waals surface area contributed by atoms with Gasteiger partial charge in [0.25, 0.3) is 5.91 Å². The molecule has 3 aromatic rings. The van der Waals surface area contributed by atoms with E-state index in [1.54, 1.807) is 35.2 Å². The second kappa shape index (κ2) is 11.6. The molecule has 33 heavy (non-hydrogen) atoms. The predicted molar refractivity (Wildman–Crippen MR) is 124 cm³/mol. The van der Waals surface area contributed by atoms with Crippen molar-refractivity contribution >= 4 is 17.5 Å². The lowest BCUT2D eigenvalue weighted by Crippen LogP contribution is -2.32. The summed E-state index contributed by atoms with van der Waals surface area (Å²) in [7, 11) is 1.45. The van der Waals surface area contributed by atoms with Gasteiger partial charge in [0.15, 0.2) is 11.5 Å². The molecule has 5 nitrogen and oxygen atoms in total. The molecule has 8 heteroatoms. The van der Waals surface area contributed by atoms with E-state index >= 15 is 0 Å². The van der Waals surface area contributed by atoms with Gasteiger partial charge < -0.3 is 20.1 Å². The number of halogens is 3. The van der Waals surface area contributed by atoms with Crippen molar-refractivity contribution in [3.8, 4) is 11.5 Å². The first-order valence-electron chi connectivity index (χ1n) is 10.4. The normalized spacial score (nSPS) is 10.7. The topological polar surface area (TPSA) is 64.8 Å². The summed E-state index contributed by atoms with van der Waals surface area (Å²) in [6.07, 6.45) is 0.654. The second-order valence-electron chi connectivity index (χ2n) is 7.39. The third-order valence-corrected chi connectivity index (χ3v) is 5.27. The van der Waals surface area contributed by atoms with Crippen LogP contribution in [0.15, 0.2) is 60.7 Å². The Balaban J connectivity index is 1.76. The molecular weight excluding hydrogens is 450 g/mol. The summed E-state index contributed by atoms with van der Waals surface area (Å²) in [5, 5.41) is 0.624. The summed E-state index contributed by atoms with van der Waals surface area (Å²) in [5.74, 6) is -0.876. The maximum atomic E-state index is 13.9. The molecular formula is C25H25ClF2N2O3. The molecule has 0 atom stereocenters. The quantitative estimate of drug-likeness (QED) is 0.439. The van der Waals surface area contributed by atoms with E-state index in [1.165, 1.54) is 13.2 Å². The number of amides is 1. The number of ether oxygens (including phenoxy) is 2. The fourth-order valence-electron chi connectivity index (χ4n) is 3.24. The Hall–Kier alpha value is -3.16. The monoisotopic (exact) mass is 474 g/mol. The Labute approximate surface area is 196 Å². The van der Waals surface area contributed by atoms with E-state index < -0.39 is 11.6 Å². The van der Waals surface area contributed by atoms with Crippen LogP contribution in [-0.2, 0) is 13.2 Å². The van der Waals surface area contributed by atoms with Crippen LogP contribution in [0.25, 0.3) is 0 Å². The van der Waals surface area contributed by atoms with Crippen molar-refractivity contribution < 1.29 is 23.0 Å². The van der Waals surface area contributed by atoms with Crippen LogP contribution in [0, 0.1) is 11.6 Å². The van der Waals surface area contributed by atoms with E-state index in [0.29, 0.717) is 48.1 Å². The third-order valence-electron chi connectivity index (χ3n) is 5.01. The number of carbonyl (C=O) groups is 1. The summed E-state index contributed by atoms with van der Waals surface area (Å²) >= 11 is 5.96. The zero-order valence-corrected chi connectivity index (χ0v) is 18.9. The lowest BCUT2D eigenvalue weighted by molar-refractivity contribution is 0.0741. The lowest BCUT2D eigenvalue weighted by atomic mass is 10.1. The first-order valence-corrected chi connectivity index (χ1v) is 10.8. The van der Waals surface area contributed by atoms with E-state index in [4.69, 9.17) is 26.8 Å². The van der Waals surface area contributed by atoms with Gasteiger partial charge in [0.05, 0.1) is 7.11 Å². The fraction of sp³-hybridized carbons (Fsp3) is 0.240. The molecule has 0 fully saturated rings. The standard InChI is InChI=1S/C25H25ClF2N2O3/c1-32-24-13-18(6-10-23(24)33-16-19-5-9-21(27)14-22(19)28)25(31)30(12-2-11-29)15-17-3-7-20(26)8-4-17/h3-10,13-14H,2,11-12,15-16,29H2,1H3. The van der Waals surface area contributed by atoms with Crippen molar-refractivity contribution in [3.63, 3.8) is 0 Å². The van der Waals surface area contributed by atoms with Crippen LogP contribution < -0.4 is 15.2 Å². The number of methoxy groups -OCH3 is 1. The number of carbonyl (C=O) groups excluding carboxylic acids is 1. The van der Waals surface area contributed by atoms with Gasteiger partial charge in [0, 0.05) is 35.3 Å². The van der Waals surface area contributed by atoms with Crippen molar-refractivity contribution in [1.29, 1.82) is 0 Å². The highest BCUT2D eigenvalue weighted by Crippen LogP contribution is 2.30. The molecule has 174 valence electrons. The van der Waals surface area contributed by atoms with Crippen LogP contribution in [0.1, 0.15) is 27.9 Å². The Kier molecular flexibility index (Phi) is 8.63. The summed E-state index contributed by atoms with van der Waals surface area (Å²) in [5.41, 5.74) is 7.22. The zero-order valence-electron chi connectivity index (χ0n) is 18.2. The maximum Gasteiger partial charge on any atom is 0.254 e. The minimum atomic E-state index is -0.696. The van der Waals surface area contributed by atoms with Crippen LogP contribution in [0.5, 0.6) is 11.5 Å². The SMILES string of the molecule is COc1cc(C(=O)N(CCCN)Cc2ccc(Cl)cc2)ccc1OCc1ccc(F)cc1F. The van der Waals surface area contributed by atoms with Crippen LogP contribution >= 0.6 is 11.6 Å². The van der Waals surface area contributed by atoms with Gasteiger partial charge >= 0.3 is 0 Å². The fourth-order valence-corrected chi connectivity index (χ4v) is 3.37. The predicted octanol–water partition coefficient (Wildman–Crippen LogP) is 5.20. The number of nitrogens with zero attached hydrogens (tertiary/aromatic N) is 1. The number of rotatable bonds is 10. The molecule has 0 spiro atoms. The lowest BCUT2D eigenvalue weighted by Gasteiger charge is -2.23. The molecule has 0 saturated heterocycles. The van der Waals surface area contributed by atoms with Crippen LogP contribution in [-0.4, -0.2) is 31.0 Å². The molecule has 0 aliphatic rings. The van der Waals surface area contributed by atoms with Gasteiger partial charge in [-0.1, -0.05) is 23.7 Å². The minimum absolute atomic E-state index is 0.116. The highest BCUT2D eigenvalue weighted by atomic mass is 35.5. The molecule has 1 amide bonds. The summed E-state index contributed by atoms with van der Waals surface area (Å²) in [4.78, 5) is 14.9. The Morgan fingerprint density at radius 3 is 2.45 bits per heavy atom. The van der Waals surface area contributed by atoms with E-state index in [0.717, 1.165) is 17.7 Å². The minimum Gasteiger partial charge on any atom is -0.493 e. The first kappa shape index (κ1) is 24.5. The van der Waals surface area contributed by atoms with Crippen LogP contribution in [0.3, 0.4) is 0 Å². The molecule has 0 aromatic heterocycles. The molecule has 3 aromatic carbocycles. The third kappa shape index (κ3) is 6.66. The first-order chi connectivity index (χ1) is 15.9. The highest BCUT2D eigenvalue weighted by molar-refractivity contribution is 6.30. The molecule has 0 heterocycles. The zero-order chi connectivity index (χ0) is 23.8. The van der Waals surface area contributed by atoms with Gasteiger partial charge in [-0.05, 0) is 61.0 Å². The second-order valence-corrected chi connectivity index (χ2v) is 7.82. The molecule has 0 unspecified atom stereocenters. The van der Waals surface area contributed by atoms with Crippen LogP contribution in [0.4, 0.5) is 8.78 Å². The van der Waals surface area contributed by atoms with Gasteiger partial charge in [0.1, 0.15) is 18.2 Å². The number of benzene rings is 3. The Morgan fingerprint density at radius 2 is 1.79 bits per heavy atom. The Bertz CT molecular complexity index is 1090. The number of hydrogen-bond acceptors (Lipinski definition) is 4. The average molecular weight is 475 g/mol. The van der Waals surface area contributed by atoms with Crippen molar-refractivity contribution in [3.05, 3.63) is 94.0 Å². The summed E-state index contributed by atoms with van der Waals surface area (Å²) in [6.45, 7) is 1.23. The molecule has 0 bridgehead atoms. The Morgan fingerprint density at radius 1 is 1.03 bits per heavy atom. The molecule has 3 rings (SSSR count). The molecule has 0 aliphatic carbocycles. The molecule has 0 saturated carbocycles. The molecule has 0 radical (unpaired) electrons. The summed E-state index contributed by atoms with van der Waals surface area (Å²) in [6, 6.07) is 15.4. The van der Waals surface area contributed by atoms with Crippen molar-refractivity contribution in [2.24, 2.45) is 5.73 Å². The highest BCUT2D eigenvalue weighted by Gasteiger charge is 2.18. The maximum absolute atomic E-state index is 13.9. The molecule has 0 aliphatic heterocycles. The van der Waals surface area contributed by atoms with E-state index in [9.17, 15) is 13.6 Å². The van der Waals surface area contributed by atoms with E-state index in [2.05, 4.69) is 0 Å². The smallest absolute Gasteiger partial charge is 0.254 e. The van der Waals surface area contributed by atoms with Gasteiger partial charge in [-0.25, -0.2) is 8.78 Å². The summed E-state index contributed by atoms with van der Waals surface area (Å²) < 4.78 is 38.0. The number of hydrogen-bond donors (Lipinski definition) is 1. The van der Waals surface area contributed by atoms with E-state index in [1.807, 2.05) is 12.1 Å². The largest absolute Gasteiger partial charge is 0.493 e. The van der Waals surface area contributed by atoms with Gasteiger partial charge in [0.2, 0.25) is 0 Å². The van der Waals surface area contributed by atoms with Gasteiger partial charge in [-0.3, -0.25) is 4.79 Å². The van der Waals surface area contributed by atoms with Gasteiger partial charge in [-0.2, -0.15) is 0 Å². The van der Waals surface area contributed by atoms with Crippen molar-refractivity contribution in [2.45, 2.75) is 19.6 Å². The number of nitrogens with two attached hydrogens (primary N) is 1. The van der Waals surface area contributed by atoms with E-state index in [-0.39, 0.29) is 18.1 Å². The van der Waals surface area contributed by atoms with Crippen molar-refractivity contribution in [2.75, 3.05) is 20.2 Å². The molecule has 2 N–H and O–H groups in total.